The molecule has 0 aliphatic rings. The molecule has 0 heterocycles. The van der Waals surface area contributed by atoms with Crippen molar-refractivity contribution in [1.82, 2.24) is 0 Å². The van der Waals surface area contributed by atoms with Crippen LogP contribution < -0.4 is 0 Å². The zero-order valence-electron chi connectivity index (χ0n) is 10.3. The van der Waals surface area contributed by atoms with E-state index in [-0.39, 0.29) is 0 Å². The Morgan fingerprint density at radius 3 is 2.56 bits per heavy atom. The molecule has 0 amide bonds. The van der Waals surface area contributed by atoms with E-state index in [4.69, 9.17) is 0 Å². The van der Waals surface area contributed by atoms with Gasteiger partial charge >= 0.3 is 0 Å². The molecule has 0 aromatic heterocycles. The molecule has 0 aliphatic heterocycles. The van der Waals surface area contributed by atoms with Crippen molar-refractivity contribution in [2.45, 2.75) is 39.0 Å². The van der Waals surface area contributed by atoms with Gasteiger partial charge in [-0.2, -0.15) is 0 Å². The van der Waals surface area contributed by atoms with Crippen LogP contribution in [0.4, 0.5) is 0 Å². The molecule has 0 heteroatoms. The summed E-state index contributed by atoms with van der Waals surface area (Å²) in [4.78, 5) is 0. The Balaban J connectivity index is 2.26. The maximum Gasteiger partial charge on any atom is -0.0257 e. The van der Waals surface area contributed by atoms with Crippen molar-refractivity contribution in [2.24, 2.45) is 0 Å². The van der Waals surface area contributed by atoms with Crippen LogP contribution in [0.1, 0.15) is 44.6 Å². The van der Waals surface area contributed by atoms with E-state index in [0.29, 0.717) is 0 Å². The average molecular weight is 214 g/mol. The number of rotatable bonds is 7. The van der Waals surface area contributed by atoms with E-state index >= 15 is 0 Å². The van der Waals surface area contributed by atoms with Crippen LogP contribution in [0.5, 0.6) is 0 Å². The number of benzene rings is 1. The SMILES string of the molecule is C=C(/C=C/c1ccccc1)CCCCCC. The lowest BCUT2D eigenvalue weighted by Crippen LogP contribution is -1.79. The molecule has 0 nitrogen and oxygen atoms in total. The molecule has 86 valence electrons. The van der Waals surface area contributed by atoms with Gasteiger partial charge in [-0.15, -0.1) is 0 Å². The molecule has 0 saturated heterocycles. The lowest BCUT2D eigenvalue weighted by molar-refractivity contribution is 0.669. The lowest BCUT2D eigenvalue weighted by atomic mass is 10.1. The molecule has 0 N–H and O–H groups in total. The molecular formula is C16H22. The van der Waals surface area contributed by atoms with Gasteiger partial charge in [0.05, 0.1) is 0 Å². The van der Waals surface area contributed by atoms with Crippen molar-refractivity contribution in [3.63, 3.8) is 0 Å². The molecule has 0 radical (unpaired) electrons. The predicted octanol–water partition coefficient (Wildman–Crippen LogP) is 5.23. The molecule has 0 spiro atoms. The Morgan fingerprint density at radius 1 is 1.12 bits per heavy atom. The van der Waals surface area contributed by atoms with Gasteiger partial charge in [-0.25, -0.2) is 0 Å². The lowest BCUT2D eigenvalue weighted by Gasteiger charge is -1.99. The van der Waals surface area contributed by atoms with Crippen molar-refractivity contribution in [3.8, 4) is 0 Å². The van der Waals surface area contributed by atoms with E-state index in [1.165, 1.54) is 36.8 Å². The van der Waals surface area contributed by atoms with Crippen molar-refractivity contribution in [1.29, 1.82) is 0 Å². The van der Waals surface area contributed by atoms with Gasteiger partial charge in [0.25, 0.3) is 0 Å². The Bertz CT molecular complexity index is 319. The van der Waals surface area contributed by atoms with Gasteiger partial charge in [0.1, 0.15) is 0 Å². The van der Waals surface area contributed by atoms with Gasteiger partial charge < -0.3 is 0 Å². The largest absolute Gasteiger partial charge is 0.0958 e. The summed E-state index contributed by atoms with van der Waals surface area (Å²) in [6.45, 7) is 6.32. The van der Waals surface area contributed by atoms with Crippen LogP contribution in [0.2, 0.25) is 0 Å². The number of hydrogen-bond donors (Lipinski definition) is 0. The fraction of sp³-hybridized carbons (Fsp3) is 0.375. The standard InChI is InChI=1S/C16H22/c1-3-4-5-7-10-15(2)13-14-16-11-8-6-9-12-16/h6,8-9,11-14H,2-5,7,10H2,1H3/b14-13+. The van der Waals surface area contributed by atoms with Crippen LogP contribution in [0.15, 0.2) is 48.6 Å². The van der Waals surface area contributed by atoms with Crippen LogP contribution in [-0.4, -0.2) is 0 Å². The second kappa shape index (κ2) is 7.92. The normalized spacial score (nSPS) is 10.8. The highest BCUT2D eigenvalue weighted by Crippen LogP contribution is 2.11. The summed E-state index contributed by atoms with van der Waals surface area (Å²) in [5.74, 6) is 0. The highest BCUT2D eigenvalue weighted by molar-refractivity contribution is 5.52. The quantitative estimate of drug-likeness (QED) is 0.431. The van der Waals surface area contributed by atoms with E-state index < -0.39 is 0 Å². The second-order valence-electron chi connectivity index (χ2n) is 4.21. The minimum absolute atomic E-state index is 1.13. The van der Waals surface area contributed by atoms with Crippen LogP contribution >= 0.6 is 0 Å². The van der Waals surface area contributed by atoms with E-state index in [1.54, 1.807) is 0 Å². The molecule has 1 rings (SSSR count). The third-order valence-electron chi connectivity index (χ3n) is 2.66. The highest BCUT2D eigenvalue weighted by atomic mass is 14.0. The van der Waals surface area contributed by atoms with Crippen molar-refractivity contribution in [3.05, 3.63) is 54.1 Å². The van der Waals surface area contributed by atoms with Gasteiger partial charge in [-0.1, -0.05) is 80.8 Å². The van der Waals surface area contributed by atoms with Gasteiger partial charge in [0.2, 0.25) is 0 Å². The smallest absolute Gasteiger partial charge is 0.0257 e. The molecule has 1 aromatic rings. The third kappa shape index (κ3) is 5.55. The molecule has 0 bridgehead atoms. The van der Waals surface area contributed by atoms with Crippen LogP contribution in [0.25, 0.3) is 6.08 Å². The third-order valence-corrected chi connectivity index (χ3v) is 2.66. The number of unbranched alkanes of at least 4 members (excludes halogenated alkanes) is 3. The van der Waals surface area contributed by atoms with Crippen LogP contribution in [-0.2, 0) is 0 Å². The first-order chi connectivity index (χ1) is 7.83. The zero-order valence-corrected chi connectivity index (χ0v) is 10.3. The fourth-order valence-electron chi connectivity index (χ4n) is 1.64. The molecular weight excluding hydrogens is 192 g/mol. The first-order valence-electron chi connectivity index (χ1n) is 6.24. The summed E-state index contributed by atoms with van der Waals surface area (Å²) in [6.07, 6.45) is 10.6. The summed E-state index contributed by atoms with van der Waals surface area (Å²) in [7, 11) is 0. The molecule has 1 aromatic carbocycles. The summed E-state index contributed by atoms with van der Waals surface area (Å²) >= 11 is 0. The molecule has 0 aliphatic carbocycles. The highest BCUT2D eigenvalue weighted by Gasteiger charge is 1.91. The van der Waals surface area contributed by atoms with Gasteiger partial charge in [0, 0.05) is 0 Å². The van der Waals surface area contributed by atoms with Gasteiger partial charge in [0.15, 0.2) is 0 Å². The van der Waals surface area contributed by atoms with E-state index in [9.17, 15) is 0 Å². The van der Waals surface area contributed by atoms with Gasteiger partial charge in [-0.05, 0) is 18.4 Å². The maximum absolute atomic E-state index is 4.08. The van der Waals surface area contributed by atoms with Crippen molar-refractivity contribution in [2.75, 3.05) is 0 Å². The molecule has 0 fully saturated rings. The first-order valence-corrected chi connectivity index (χ1v) is 6.24. The summed E-state index contributed by atoms with van der Waals surface area (Å²) < 4.78 is 0. The number of allylic oxidation sites excluding steroid dienone is 2. The number of hydrogen-bond acceptors (Lipinski definition) is 0. The first kappa shape index (κ1) is 12.8. The summed E-state index contributed by atoms with van der Waals surface area (Å²) in [5, 5.41) is 0. The zero-order chi connectivity index (χ0) is 11.6. The predicted molar refractivity (Wildman–Crippen MR) is 73.4 cm³/mol. The van der Waals surface area contributed by atoms with Gasteiger partial charge in [-0.3, -0.25) is 0 Å². The summed E-state index contributed by atoms with van der Waals surface area (Å²) in [6, 6.07) is 10.4. The fourth-order valence-corrected chi connectivity index (χ4v) is 1.64. The molecule has 16 heavy (non-hydrogen) atoms. The van der Waals surface area contributed by atoms with E-state index in [1.807, 2.05) is 6.07 Å². The van der Waals surface area contributed by atoms with Crippen LogP contribution in [0.3, 0.4) is 0 Å². The van der Waals surface area contributed by atoms with E-state index in [0.717, 1.165) is 6.42 Å². The van der Waals surface area contributed by atoms with Crippen molar-refractivity contribution < 1.29 is 0 Å². The molecule has 0 saturated carbocycles. The molecule has 0 unspecified atom stereocenters. The van der Waals surface area contributed by atoms with Crippen LogP contribution in [0, 0.1) is 0 Å². The molecule has 0 atom stereocenters. The minimum Gasteiger partial charge on any atom is -0.0958 e. The Kier molecular flexibility index (Phi) is 6.32. The average Bonchev–Trinajstić information content (AvgIpc) is 2.33. The second-order valence-corrected chi connectivity index (χ2v) is 4.21. The maximum atomic E-state index is 4.08. The topological polar surface area (TPSA) is 0 Å². The monoisotopic (exact) mass is 214 g/mol. The minimum atomic E-state index is 1.13. The van der Waals surface area contributed by atoms with Crippen molar-refractivity contribution >= 4 is 6.08 Å². The van der Waals surface area contributed by atoms with E-state index in [2.05, 4.69) is 49.9 Å². The Labute approximate surface area is 99.7 Å². The summed E-state index contributed by atoms with van der Waals surface area (Å²) in [5.41, 5.74) is 2.48. The Morgan fingerprint density at radius 2 is 1.88 bits per heavy atom. The Hall–Kier alpha value is -1.30.